The molecule has 0 radical (unpaired) electrons. The van der Waals surface area contributed by atoms with Crippen LogP contribution in [0, 0.1) is 11.3 Å². The van der Waals surface area contributed by atoms with Crippen molar-refractivity contribution in [2.24, 2.45) is 0 Å². The summed E-state index contributed by atoms with van der Waals surface area (Å²) in [5.41, 5.74) is 4.17. The summed E-state index contributed by atoms with van der Waals surface area (Å²) in [7, 11) is 0. The molecule has 0 aliphatic carbocycles. The zero-order valence-corrected chi connectivity index (χ0v) is 15.3. The van der Waals surface area contributed by atoms with E-state index in [0.717, 1.165) is 64.7 Å². The lowest BCUT2D eigenvalue weighted by atomic mass is 10.1. The molecule has 0 saturated carbocycles. The number of nitrogens with zero attached hydrogens (tertiary/aromatic N) is 3. The van der Waals surface area contributed by atoms with Crippen LogP contribution in [0.2, 0.25) is 0 Å². The Balaban J connectivity index is 1.46. The van der Waals surface area contributed by atoms with E-state index in [1.807, 2.05) is 18.3 Å². The molecule has 1 aliphatic heterocycles. The maximum absolute atomic E-state index is 9.13. The standard InChI is InChI=1S/C22H19N5O/c23-10-16-9-19-20-8-15(11-26-22(20)27-21(19)13-25-16)14-3-5-17(6-4-14)28-18-2-1-7-24-12-18/h3-6,8-9,11,13,18,24H,1-2,7,12H2,(H,26,27). The van der Waals surface area contributed by atoms with Crippen molar-refractivity contribution >= 4 is 21.9 Å². The van der Waals surface area contributed by atoms with Crippen LogP contribution < -0.4 is 10.1 Å². The minimum absolute atomic E-state index is 0.242. The van der Waals surface area contributed by atoms with Crippen molar-refractivity contribution in [2.75, 3.05) is 13.1 Å². The van der Waals surface area contributed by atoms with E-state index in [1.165, 1.54) is 0 Å². The molecule has 4 heterocycles. The number of nitrogens with one attached hydrogen (secondary N) is 2. The van der Waals surface area contributed by atoms with Gasteiger partial charge in [0.05, 0.1) is 11.7 Å². The number of pyridine rings is 2. The lowest BCUT2D eigenvalue weighted by Gasteiger charge is -2.24. The summed E-state index contributed by atoms with van der Waals surface area (Å²) >= 11 is 0. The fourth-order valence-corrected chi connectivity index (χ4v) is 3.73. The largest absolute Gasteiger partial charge is 0.489 e. The highest BCUT2D eigenvalue weighted by Gasteiger charge is 2.14. The fraction of sp³-hybridized carbons (Fsp3) is 0.227. The van der Waals surface area contributed by atoms with E-state index in [9.17, 15) is 0 Å². The molecule has 6 nitrogen and oxygen atoms in total. The minimum atomic E-state index is 0.242. The fourth-order valence-electron chi connectivity index (χ4n) is 3.73. The maximum Gasteiger partial charge on any atom is 0.141 e. The molecular weight excluding hydrogens is 350 g/mol. The Morgan fingerprint density at radius 1 is 1.04 bits per heavy atom. The Morgan fingerprint density at radius 3 is 2.71 bits per heavy atom. The molecule has 1 saturated heterocycles. The van der Waals surface area contributed by atoms with Crippen LogP contribution in [0.1, 0.15) is 18.5 Å². The highest BCUT2D eigenvalue weighted by atomic mass is 16.5. The summed E-state index contributed by atoms with van der Waals surface area (Å²) in [6.07, 6.45) is 6.03. The normalized spacial score (nSPS) is 16.9. The van der Waals surface area contributed by atoms with E-state index in [0.29, 0.717) is 5.69 Å². The van der Waals surface area contributed by atoms with Crippen molar-refractivity contribution in [3.05, 3.63) is 54.5 Å². The molecule has 0 bridgehead atoms. The van der Waals surface area contributed by atoms with Gasteiger partial charge < -0.3 is 15.0 Å². The molecule has 1 aliphatic rings. The number of hydrogen-bond acceptors (Lipinski definition) is 5. The summed E-state index contributed by atoms with van der Waals surface area (Å²) in [4.78, 5) is 11.9. The average Bonchev–Trinajstić information content (AvgIpc) is 3.12. The van der Waals surface area contributed by atoms with Crippen LogP contribution in [0.4, 0.5) is 0 Å². The Kier molecular flexibility index (Phi) is 4.15. The summed E-state index contributed by atoms with van der Waals surface area (Å²) in [5.74, 6) is 0.892. The number of rotatable bonds is 3. The number of piperidine rings is 1. The third kappa shape index (κ3) is 3.06. The summed E-state index contributed by atoms with van der Waals surface area (Å²) in [6, 6.07) is 14.1. The first-order valence-electron chi connectivity index (χ1n) is 9.45. The van der Waals surface area contributed by atoms with Crippen LogP contribution in [0.15, 0.2) is 48.8 Å². The highest BCUT2D eigenvalue weighted by molar-refractivity contribution is 6.06. The molecular formula is C22H19N5O. The van der Waals surface area contributed by atoms with Crippen LogP contribution >= 0.6 is 0 Å². The second-order valence-corrected chi connectivity index (χ2v) is 7.08. The van der Waals surface area contributed by atoms with Crippen LogP contribution in [-0.4, -0.2) is 34.1 Å². The first-order valence-corrected chi connectivity index (χ1v) is 9.45. The van der Waals surface area contributed by atoms with Crippen LogP contribution in [0.3, 0.4) is 0 Å². The van der Waals surface area contributed by atoms with E-state index >= 15 is 0 Å². The van der Waals surface area contributed by atoms with Gasteiger partial charge in [-0.2, -0.15) is 5.26 Å². The number of hydrogen-bond donors (Lipinski definition) is 2. The first-order chi connectivity index (χ1) is 13.8. The van der Waals surface area contributed by atoms with Crippen molar-refractivity contribution in [3.63, 3.8) is 0 Å². The molecule has 2 N–H and O–H groups in total. The van der Waals surface area contributed by atoms with E-state index in [2.05, 4.69) is 44.5 Å². The smallest absolute Gasteiger partial charge is 0.141 e. The third-order valence-corrected chi connectivity index (χ3v) is 5.19. The second-order valence-electron chi connectivity index (χ2n) is 7.08. The number of ether oxygens (including phenoxy) is 1. The zero-order valence-electron chi connectivity index (χ0n) is 15.3. The summed E-state index contributed by atoms with van der Waals surface area (Å²) in [5, 5.41) is 14.4. The predicted molar refractivity (Wildman–Crippen MR) is 108 cm³/mol. The van der Waals surface area contributed by atoms with Crippen LogP contribution in [-0.2, 0) is 0 Å². The van der Waals surface area contributed by atoms with Gasteiger partial charge in [-0.3, -0.25) is 0 Å². The number of nitriles is 1. The zero-order chi connectivity index (χ0) is 18.9. The van der Waals surface area contributed by atoms with Crippen molar-refractivity contribution < 1.29 is 4.74 Å². The Morgan fingerprint density at radius 2 is 1.93 bits per heavy atom. The number of benzene rings is 1. The van der Waals surface area contributed by atoms with Gasteiger partial charge in [0.2, 0.25) is 0 Å². The molecule has 5 rings (SSSR count). The van der Waals surface area contributed by atoms with Gasteiger partial charge in [0.15, 0.2) is 0 Å². The molecule has 4 aromatic rings. The van der Waals surface area contributed by atoms with Gasteiger partial charge in [-0.15, -0.1) is 0 Å². The van der Waals surface area contributed by atoms with Gasteiger partial charge in [-0.1, -0.05) is 12.1 Å². The molecule has 138 valence electrons. The number of aromatic amines is 1. The van der Waals surface area contributed by atoms with Crippen molar-refractivity contribution in [2.45, 2.75) is 18.9 Å². The quantitative estimate of drug-likeness (QED) is 0.574. The average molecular weight is 369 g/mol. The van der Waals surface area contributed by atoms with Gasteiger partial charge in [0.25, 0.3) is 0 Å². The van der Waals surface area contributed by atoms with Gasteiger partial charge in [-0.25, -0.2) is 9.97 Å². The molecule has 1 aromatic carbocycles. The minimum Gasteiger partial charge on any atom is -0.489 e. The molecule has 3 aromatic heterocycles. The number of fused-ring (bicyclic) bond motifs is 3. The Bertz CT molecular complexity index is 1180. The van der Waals surface area contributed by atoms with Crippen molar-refractivity contribution in [3.8, 4) is 22.9 Å². The van der Waals surface area contributed by atoms with Crippen molar-refractivity contribution in [1.82, 2.24) is 20.3 Å². The van der Waals surface area contributed by atoms with Crippen LogP contribution in [0.5, 0.6) is 5.75 Å². The molecule has 1 unspecified atom stereocenters. The molecule has 0 amide bonds. The van der Waals surface area contributed by atoms with E-state index in [4.69, 9.17) is 10.00 Å². The van der Waals surface area contributed by atoms with E-state index < -0.39 is 0 Å². The predicted octanol–water partition coefficient (Wildman–Crippen LogP) is 3.78. The van der Waals surface area contributed by atoms with Gasteiger partial charge >= 0.3 is 0 Å². The van der Waals surface area contributed by atoms with E-state index in [1.54, 1.807) is 12.3 Å². The van der Waals surface area contributed by atoms with Crippen molar-refractivity contribution in [1.29, 1.82) is 5.26 Å². The number of H-pyrrole nitrogens is 1. The second kappa shape index (κ2) is 6.95. The molecule has 1 fully saturated rings. The molecule has 0 spiro atoms. The van der Waals surface area contributed by atoms with Gasteiger partial charge in [0, 0.05) is 29.1 Å². The Hall–Kier alpha value is -3.43. The topological polar surface area (TPSA) is 86.6 Å². The lowest BCUT2D eigenvalue weighted by molar-refractivity contribution is 0.167. The molecule has 28 heavy (non-hydrogen) atoms. The summed E-state index contributed by atoms with van der Waals surface area (Å²) in [6.45, 7) is 1.98. The SMILES string of the molecule is N#Cc1cc2c(cn1)[nH]c1ncc(-c3ccc(OC4CCCNC4)cc3)cc12. The summed E-state index contributed by atoms with van der Waals surface area (Å²) < 4.78 is 6.07. The first kappa shape index (κ1) is 16.7. The third-order valence-electron chi connectivity index (χ3n) is 5.19. The molecule has 1 atom stereocenters. The number of aromatic nitrogens is 3. The van der Waals surface area contributed by atoms with E-state index in [-0.39, 0.29) is 6.10 Å². The monoisotopic (exact) mass is 369 g/mol. The lowest BCUT2D eigenvalue weighted by Crippen LogP contribution is -2.37. The highest BCUT2D eigenvalue weighted by Crippen LogP contribution is 2.29. The van der Waals surface area contributed by atoms with Gasteiger partial charge in [-0.05, 0) is 49.2 Å². The van der Waals surface area contributed by atoms with Crippen LogP contribution in [0.25, 0.3) is 33.1 Å². The Labute approximate surface area is 162 Å². The van der Waals surface area contributed by atoms with Gasteiger partial charge in [0.1, 0.15) is 29.3 Å². The maximum atomic E-state index is 9.13. The molecule has 6 heteroatoms.